The Balaban J connectivity index is 0.00000144. The topological polar surface area (TPSA) is 15.3 Å². The molecule has 2 heterocycles. The Hall–Kier alpha value is 0.210. The van der Waals surface area contributed by atoms with Gasteiger partial charge >= 0.3 is 0 Å². The second-order valence-corrected chi connectivity index (χ2v) is 6.23. The predicted molar refractivity (Wildman–Crippen MR) is 76.8 cm³/mol. The maximum absolute atomic E-state index is 3.53. The molecule has 2 nitrogen and oxygen atoms in total. The summed E-state index contributed by atoms with van der Waals surface area (Å²) in [5.41, 5.74) is 0. The quantitative estimate of drug-likeness (QED) is 0.822. The van der Waals surface area contributed by atoms with E-state index in [9.17, 15) is 0 Å². The lowest BCUT2D eigenvalue weighted by Crippen LogP contribution is -2.49. The minimum absolute atomic E-state index is 0. The van der Waals surface area contributed by atoms with Gasteiger partial charge in [-0.3, -0.25) is 4.90 Å². The van der Waals surface area contributed by atoms with Gasteiger partial charge in [0, 0.05) is 19.1 Å². The number of hydrogen-bond donors (Lipinski definition) is 1. The van der Waals surface area contributed by atoms with Crippen LogP contribution < -0.4 is 5.32 Å². The third-order valence-corrected chi connectivity index (χ3v) is 4.61. The van der Waals surface area contributed by atoms with Crippen LogP contribution >= 0.6 is 12.4 Å². The van der Waals surface area contributed by atoms with E-state index in [4.69, 9.17) is 0 Å². The molecule has 1 N–H and O–H groups in total. The number of rotatable bonds is 2. The Bertz CT molecular complexity index is 216. The van der Waals surface area contributed by atoms with E-state index in [-0.39, 0.29) is 12.4 Å². The van der Waals surface area contributed by atoms with E-state index in [1.807, 2.05) is 0 Å². The zero-order chi connectivity index (χ0) is 11.5. The minimum Gasteiger partial charge on any atom is -0.316 e. The third-order valence-electron chi connectivity index (χ3n) is 4.61. The smallest absolute Gasteiger partial charge is 0.00929 e. The standard InChI is InChI=1S/C14H28N2.ClH/c1-11-7-12(2)13(3)16(9-11)10-14-5-4-6-15-8-14;/h11-15H,4-10H2,1-3H3;1H. The third kappa shape index (κ3) is 4.11. The minimum atomic E-state index is 0. The van der Waals surface area contributed by atoms with E-state index >= 15 is 0 Å². The van der Waals surface area contributed by atoms with Crippen LogP contribution in [0.15, 0.2) is 0 Å². The molecule has 3 heteroatoms. The molecule has 0 amide bonds. The van der Waals surface area contributed by atoms with Crippen molar-refractivity contribution >= 4 is 12.4 Å². The Morgan fingerprint density at radius 1 is 1.24 bits per heavy atom. The molecule has 2 aliphatic heterocycles. The van der Waals surface area contributed by atoms with Gasteiger partial charge in [0.05, 0.1) is 0 Å². The number of halogens is 1. The molecule has 4 unspecified atom stereocenters. The summed E-state index contributed by atoms with van der Waals surface area (Å²) in [7, 11) is 0. The van der Waals surface area contributed by atoms with E-state index in [1.165, 1.54) is 45.4 Å². The van der Waals surface area contributed by atoms with Crippen molar-refractivity contribution < 1.29 is 0 Å². The SMILES string of the molecule is CC1CC(C)C(C)N(CC2CCCNC2)C1.Cl. The van der Waals surface area contributed by atoms with E-state index in [0.717, 1.165) is 23.8 Å². The summed E-state index contributed by atoms with van der Waals surface area (Å²) < 4.78 is 0. The van der Waals surface area contributed by atoms with Crippen molar-refractivity contribution in [2.45, 2.75) is 46.1 Å². The normalized spacial score (nSPS) is 39.7. The number of piperidine rings is 2. The fourth-order valence-corrected chi connectivity index (χ4v) is 3.48. The van der Waals surface area contributed by atoms with Crippen molar-refractivity contribution in [3.8, 4) is 0 Å². The number of hydrogen-bond acceptors (Lipinski definition) is 2. The highest BCUT2D eigenvalue weighted by Crippen LogP contribution is 2.28. The Kier molecular flexibility index (Phi) is 6.25. The lowest BCUT2D eigenvalue weighted by Gasteiger charge is -2.43. The molecule has 0 bridgehead atoms. The van der Waals surface area contributed by atoms with Crippen LogP contribution in [0.2, 0.25) is 0 Å². The lowest BCUT2D eigenvalue weighted by molar-refractivity contribution is 0.0606. The van der Waals surface area contributed by atoms with E-state index in [1.54, 1.807) is 0 Å². The Morgan fingerprint density at radius 2 is 2.00 bits per heavy atom. The highest BCUT2D eigenvalue weighted by Gasteiger charge is 2.30. The first-order valence-corrected chi connectivity index (χ1v) is 7.11. The largest absolute Gasteiger partial charge is 0.316 e. The summed E-state index contributed by atoms with van der Waals surface area (Å²) >= 11 is 0. The van der Waals surface area contributed by atoms with Crippen LogP contribution in [0.5, 0.6) is 0 Å². The maximum Gasteiger partial charge on any atom is 0.00929 e. The van der Waals surface area contributed by atoms with E-state index in [0.29, 0.717) is 0 Å². The van der Waals surface area contributed by atoms with Gasteiger partial charge in [0.15, 0.2) is 0 Å². The van der Waals surface area contributed by atoms with Crippen LogP contribution in [-0.4, -0.2) is 37.1 Å². The summed E-state index contributed by atoms with van der Waals surface area (Å²) in [4.78, 5) is 2.75. The monoisotopic (exact) mass is 260 g/mol. The summed E-state index contributed by atoms with van der Waals surface area (Å²) in [6.45, 7) is 12.4. The molecule has 102 valence electrons. The number of nitrogens with zero attached hydrogens (tertiary/aromatic N) is 1. The van der Waals surface area contributed by atoms with E-state index in [2.05, 4.69) is 31.0 Å². The van der Waals surface area contributed by atoms with Gasteiger partial charge in [0.2, 0.25) is 0 Å². The van der Waals surface area contributed by atoms with Crippen molar-refractivity contribution in [3.63, 3.8) is 0 Å². The summed E-state index contributed by atoms with van der Waals surface area (Å²) in [6, 6.07) is 0.790. The van der Waals surface area contributed by atoms with Gasteiger partial charge in [0.25, 0.3) is 0 Å². The number of likely N-dealkylation sites (tertiary alicyclic amines) is 1. The van der Waals surface area contributed by atoms with Crippen molar-refractivity contribution in [3.05, 3.63) is 0 Å². The second kappa shape index (κ2) is 6.96. The molecule has 0 aromatic heterocycles. The molecule has 0 spiro atoms. The lowest BCUT2D eigenvalue weighted by atomic mass is 9.85. The Morgan fingerprint density at radius 3 is 2.65 bits per heavy atom. The molecular weight excluding hydrogens is 232 g/mol. The van der Waals surface area contributed by atoms with Crippen LogP contribution in [0.25, 0.3) is 0 Å². The molecule has 0 aromatic carbocycles. The molecule has 2 rings (SSSR count). The molecule has 0 radical (unpaired) electrons. The first-order valence-electron chi connectivity index (χ1n) is 7.11. The molecule has 0 saturated carbocycles. The van der Waals surface area contributed by atoms with Crippen LogP contribution in [0.4, 0.5) is 0 Å². The molecule has 2 saturated heterocycles. The van der Waals surface area contributed by atoms with Crippen LogP contribution in [0, 0.1) is 17.8 Å². The van der Waals surface area contributed by atoms with Gasteiger partial charge in [-0.1, -0.05) is 13.8 Å². The van der Waals surface area contributed by atoms with Crippen LogP contribution in [-0.2, 0) is 0 Å². The molecule has 4 atom stereocenters. The first-order chi connectivity index (χ1) is 7.66. The summed E-state index contributed by atoms with van der Waals surface area (Å²) in [6.07, 6.45) is 4.22. The van der Waals surface area contributed by atoms with Gasteiger partial charge in [0.1, 0.15) is 0 Å². The molecule has 0 aromatic rings. The molecular formula is C14H29ClN2. The molecule has 17 heavy (non-hydrogen) atoms. The predicted octanol–water partition coefficient (Wildman–Crippen LogP) is 2.77. The van der Waals surface area contributed by atoms with E-state index < -0.39 is 0 Å². The fourth-order valence-electron chi connectivity index (χ4n) is 3.48. The average molecular weight is 261 g/mol. The molecule has 2 fully saturated rings. The fraction of sp³-hybridized carbons (Fsp3) is 1.00. The maximum atomic E-state index is 3.53. The summed E-state index contributed by atoms with van der Waals surface area (Å²) in [5.74, 6) is 2.66. The Labute approximate surface area is 113 Å². The number of nitrogens with one attached hydrogen (secondary N) is 1. The van der Waals surface area contributed by atoms with Crippen molar-refractivity contribution in [2.75, 3.05) is 26.2 Å². The van der Waals surface area contributed by atoms with Crippen molar-refractivity contribution in [1.29, 1.82) is 0 Å². The van der Waals surface area contributed by atoms with Gasteiger partial charge < -0.3 is 5.32 Å². The zero-order valence-electron chi connectivity index (χ0n) is 11.6. The molecule has 0 aliphatic carbocycles. The van der Waals surface area contributed by atoms with Gasteiger partial charge in [-0.2, -0.15) is 0 Å². The first kappa shape index (κ1) is 15.3. The highest BCUT2D eigenvalue weighted by atomic mass is 35.5. The average Bonchev–Trinajstić information content (AvgIpc) is 2.27. The highest BCUT2D eigenvalue weighted by molar-refractivity contribution is 5.85. The van der Waals surface area contributed by atoms with Gasteiger partial charge in [-0.15, -0.1) is 12.4 Å². The zero-order valence-corrected chi connectivity index (χ0v) is 12.4. The molecule has 2 aliphatic rings. The summed E-state index contributed by atoms with van der Waals surface area (Å²) in [5, 5.41) is 3.53. The second-order valence-electron chi connectivity index (χ2n) is 6.23. The van der Waals surface area contributed by atoms with Crippen LogP contribution in [0.3, 0.4) is 0 Å². The van der Waals surface area contributed by atoms with Gasteiger partial charge in [-0.05, 0) is 57.0 Å². The van der Waals surface area contributed by atoms with Crippen molar-refractivity contribution in [2.24, 2.45) is 17.8 Å². The van der Waals surface area contributed by atoms with Crippen molar-refractivity contribution in [1.82, 2.24) is 10.2 Å². The van der Waals surface area contributed by atoms with Crippen LogP contribution in [0.1, 0.15) is 40.0 Å². The van der Waals surface area contributed by atoms with Gasteiger partial charge in [-0.25, -0.2) is 0 Å².